The van der Waals surface area contributed by atoms with Crippen LogP contribution in [0.4, 0.5) is 0 Å². The largest absolute Gasteiger partial charge is 0.346 e. The highest BCUT2D eigenvalue weighted by atomic mass is 32.1. The van der Waals surface area contributed by atoms with Crippen molar-refractivity contribution in [2.75, 3.05) is 0 Å². The minimum absolute atomic E-state index is 0.373. The maximum atomic E-state index is 4.30. The van der Waals surface area contributed by atoms with E-state index in [1.165, 1.54) is 16.5 Å². The fourth-order valence-electron chi connectivity index (χ4n) is 2.06. The molecule has 0 radical (unpaired) electrons. The zero-order valence-electron chi connectivity index (χ0n) is 10.2. The monoisotopic (exact) mass is 257 g/mol. The number of aromatic amines is 1. The van der Waals surface area contributed by atoms with Crippen molar-refractivity contribution < 1.29 is 0 Å². The Hall–Kier alpha value is -1.65. The molecule has 1 unspecified atom stereocenters. The number of fused-ring (bicyclic) bond motifs is 1. The number of thiophene rings is 1. The summed E-state index contributed by atoms with van der Waals surface area (Å²) in [5.41, 5.74) is 3.57. The number of hydrogen-bond donors (Lipinski definition) is 2. The highest BCUT2D eigenvalue weighted by molar-refractivity contribution is 7.07. The van der Waals surface area contributed by atoms with Gasteiger partial charge in [-0.3, -0.25) is 0 Å². The van der Waals surface area contributed by atoms with Gasteiger partial charge in [0.1, 0.15) is 5.65 Å². The quantitative estimate of drug-likeness (QED) is 0.751. The molecule has 0 amide bonds. The second kappa shape index (κ2) is 4.92. The smallest absolute Gasteiger partial charge is 0.137 e. The summed E-state index contributed by atoms with van der Waals surface area (Å²) in [4.78, 5) is 7.49. The lowest BCUT2D eigenvalue weighted by molar-refractivity contribution is 0.578. The predicted octanol–water partition coefficient (Wildman–Crippen LogP) is 3.48. The van der Waals surface area contributed by atoms with Gasteiger partial charge in [0, 0.05) is 30.4 Å². The van der Waals surface area contributed by atoms with E-state index >= 15 is 0 Å². The average molecular weight is 257 g/mol. The van der Waals surface area contributed by atoms with Crippen molar-refractivity contribution in [1.82, 2.24) is 15.3 Å². The first-order valence-corrected chi connectivity index (χ1v) is 6.95. The van der Waals surface area contributed by atoms with E-state index in [0.29, 0.717) is 6.04 Å². The van der Waals surface area contributed by atoms with Crippen LogP contribution in [0, 0.1) is 0 Å². The first-order valence-electron chi connectivity index (χ1n) is 6.01. The van der Waals surface area contributed by atoms with Gasteiger partial charge in [0.15, 0.2) is 0 Å². The molecule has 0 aliphatic rings. The van der Waals surface area contributed by atoms with Gasteiger partial charge in [-0.05, 0) is 47.0 Å². The minimum atomic E-state index is 0.373. The van der Waals surface area contributed by atoms with Gasteiger partial charge in [-0.15, -0.1) is 0 Å². The Morgan fingerprint density at radius 1 is 1.44 bits per heavy atom. The number of nitrogens with zero attached hydrogens (tertiary/aromatic N) is 1. The first kappa shape index (κ1) is 11.4. The Labute approximate surface area is 110 Å². The molecule has 3 nitrogen and oxygen atoms in total. The van der Waals surface area contributed by atoms with E-state index in [4.69, 9.17) is 0 Å². The van der Waals surface area contributed by atoms with Crippen molar-refractivity contribution in [2.45, 2.75) is 19.5 Å². The summed E-state index contributed by atoms with van der Waals surface area (Å²) in [5.74, 6) is 0. The molecule has 92 valence electrons. The summed E-state index contributed by atoms with van der Waals surface area (Å²) in [7, 11) is 0. The van der Waals surface area contributed by atoms with Crippen molar-refractivity contribution >= 4 is 22.4 Å². The standard InChI is InChI=1S/C14H15N3S/c1-10(11-4-6-18-9-11)16-7-12-8-17-14-13(12)3-2-5-15-14/h2-6,8-10,16H,7H2,1H3,(H,15,17). The third-order valence-corrected chi connectivity index (χ3v) is 3.88. The second-order valence-electron chi connectivity index (χ2n) is 4.37. The van der Waals surface area contributed by atoms with Crippen LogP contribution >= 0.6 is 11.3 Å². The van der Waals surface area contributed by atoms with Crippen LogP contribution in [0.3, 0.4) is 0 Å². The van der Waals surface area contributed by atoms with E-state index in [-0.39, 0.29) is 0 Å². The van der Waals surface area contributed by atoms with E-state index in [1.54, 1.807) is 11.3 Å². The van der Waals surface area contributed by atoms with E-state index < -0.39 is 0 Å². The summed E-state index contributed by atoms with van der Waals surface area (Å²) < 4.78 is 0. The van der Waals surface area contributed by atoms with E-state index in [1.807, 2.05) is 18.5 Å². The number of aromatic nitrogens is 2. The molecule has 3 heterocycles. The molecule has 0 spiro atoms. The maximum Gasteiger partial charge on any atom is 0.137 e. The summed E-state index contributed by atoms with van der Waals surface area (Å²) in [5, 5.41) is 9.04. The molecule has 0 saturated heterocycles. The van der Waals surface area contributed by atoms with Gasteiger partial charge in [0.2, 0.25) is 0 Å². The summed E-state index contributed by atoms with van der Waals surface area (Å²) in [6.07, 6.45) is 3.84. The van der Waals surface area contributed by atoms with Gasteiger partial charge >= 0.3 is 0 Å². The van der Waals surface area contributed by atoms with Crippen LogP contribution in [0.15, 0.2) is 41.4 Å². The fraction of sp³-hybridized carbons (Fsp3) is 0.214. The highest BCUT2D eigenvalue weighted by Crippen LogP contribution is 2.19. The molecule has 0 aliphatic heterocycles. The van der Waals surface area contributed by atoms with Gasteiger partial charge in [0.25, 0.3) is 0 Å². The summed E-state index contributed by atoms with van der Waals surface area (Å²) in [6.45, 7) is 3.04. The van der Waals surface area contributed by atoms with Crippen molar-refractivity contribution in [3.8, 4) is 0 Å². The van der Waals surface area contributed by atoms with Gasteiger partial charge < -0.3 is 10.3 Å². The molecule has 0 aliphatic carbocycles. The molecule has 3 rings (SSSR count). The molecular formula is C14H15N3S. The molecule has 0 aromatic carbocycles. The number of pyridine rings is 1. The maximum absolute atomic E-state index is 4.30. The van der Waals surface area contributed by atoms with Gasteiger partial charge in [0.05, 0.1) is 0 Å². The van der Waals surface area contributed by atoms with Crippen molar-refractivity contribution in [1.29, 1.82) is 0 Å². The topological polar surface area (TPSA) is 40.7 Å². The fourth-order valence-corrected chi connectivity index (χ4v) is 2.82. The molecule has 18 heavy (non-hydrogen) atoms. The molecule has 0 fully saturated rings. The average Bonchev–Trinajstić information content (AvgIpc) is 3.06. The number of hydrogen-bond acceptors (Lipinski definition) is 3. The van der Waals surface area contributed by atoms with Gasteiger partial charge in [-0.2, -0.15) is 11.3 Å². The molecule has 3 aromatic rings. The summed E-state index contributed by atoms with van der Waals surface area (Å²) in [6, 6.07) is 6.62. The molecule has 0 saturated carbocycles. The Bertz CT molecular complexity index is 627. The Balaban J connectivity index is 1.73. The van der Waals surface area contributed by atoms with Crippen LogP contribution < -0.4 is 5.32 Å². The van der Waals surface area contributed by atoms with E-state index in [2.05, 4.69) is 45.1 Å². The molecule has 0 bridgehead atoms. The Morgan fingerprint density at radius 3 is 3.22 bits per heavy atom. The molecule has 1 atom stereocenters. The normalized spacial score (nSPS) is 12.9. The van der Waals surface area contributed by atoms with Crippen LogP contribution in [-0.4, -0.2) is 9.97 Å². The summed E-state index contributed by atoms with van der Waals surface area (Å²) >= 11 is 1.74. The van der Waals surface area contributed by atoms with Gasteiger partial charge in [-0.1, -0.05) is 0 Å². The second-order valence-corrected chi connectivity index (χ2v) is 5.15. The molecular weight excluding hydrogens is 242 g/mol. The zero-order chi connectivity index (χ0) is 12.4. The van der Waals surface area contributed by atoms with E-state index in [0.717, 1.165) is 12.2 Å². The van der Waals surface area contributed by atoms with Crippen LogP contribution in [0.1, 0.15) is 24.1 Å². The Kier molecular flexibility index (Phi) is 3.13. The van der Waals surface area contributed by atoms with Crippen LogP contribution in [0.5, 0.6) is 0 Å². The number of rotatable bonds is 4. The van der Waals surface area contributed by atoms with Crippen molar-refractivity contribution in [2.24, 2.45) is 0 Å². The minimum Gasteiger partial charge on any atom is -0.346 e. The van der Waals surface area contributed by atoms with Crippen LogP contribution in [0.2, 0.25) is 0 Å². The van der Waals surface area contributed by atoms with Crippen LogP contribution in [-0.2, 0) is 6.54 Å². The zero-order valence-corrected chi connectivity index (χ0v) is 11.0. The lowest BCUT2D eigenvalue weighted by atomic mass is 10.1. The number of nitrogens with one attached hydrogen (secondary N) is 2. The van der Waals surface area contributed by atoms with Gasteiger partial charge in [-0.25, -0.2) is 4.98 Å². The van der Waals surface area contributed by atoms with Crippen molar-refractivity contribution in [3.05, 3.63) is 52.5 Å². The number of H-pyrrole nitrogens is 1. The van der Waals surface area contributed by atoms with Crippen LogP contribution in [0.25, 0.3) is 11.0 Å². The lowest BCUT2D eigenvalue weighted by Gasteiger charge is -2.11. The first-order chi connectivity index (χ1) is 8.84. The molecule has 2 N–H and O–H groups in total. The SMILES string of the molecule is CC(NCc1c[nH]c2ncccc12)c1ccsc1. The highest BCUT2D eigenvalue weighted by Gasteiger charge is 2.07. The lowest BCUT2D eigenvalue weighted by Crippen LogP contribution is -2.17. The molecule has 3 aromatic heterocycles. The third-order valence-electron chi connectivity index (χ3n) is 3.18. The van der Waals surface area contributed by atoms with E-state index in [9.17, 15) is 0 Å². The predicted molar refractivity (Wildman–Crippen MR) is 75.7 cm³/mol. The van der Waals surface area contributed by atoms with Crippen molar-refractivity contribution in [3.63, 3.8) is 0 Å². The third kappa shape index (κ3) is 2.17. The molecule has 4 heteroatoms. The Morgan fingerprint density at radius 2 is 2.39 bits per heavy atom.